The average molecular weight is 416 g/mol. The van der Waals surface area contributed by atoms with Gasteiger partial charge >= 0.3 is 0 Å². The van der Waals surface area contributed by atoms with Crippen LogP contribution in [0.15, 0.2) is 96.2 Å². The lowest BCUT2D eigenvalue weighted by Crippen LogP contribution is -2.30. The first-order chi connectivity index (χ1) is 14.7. The molecule has 0 unspecified atom stereocenters. The maximum atomic E-state index is 12.8. The van der Waals surface area contributed by atoms with Crippen molar-refractivity contribution in [3.63, 3.8) is 0 Å². The summed E-state index contributed by atoms with van der Waals surface area (Å²) in [6, 6.07) is 29.2. The van der Waals surface area contributed by atoms with Gasteiger partial charge in [0.15, 0.2) is 5.16 Å². The summed E-state index contributed by atoms with van der Waals surface area (Å²) < 4.78 is 1.74. The summed E-state index contributed by atoms with van der Waals surface area (Å²) in [5, 5.41) is 11.8. The first kappa shape index (κ1) is 19.7. The molecule has 150 valence electrons. The fourth-order valence-corrected chi connectivity index (χ4v) is 3.95. The van der Waals surface area contributed by atoms with Crippen molar-refractivity contribution in [1.82, 2.24) is 20.1 Å². The Bertz CT molecular complexity index is 1060. The number of amides is 1. The number of nitrogen functional groups attached to an aromatic ring is 1. The Hall–Kier alpha value is -3.58. The van der Waals surface area contributed by atoms with Gasteiger partial charge in [0.2, 0.25) is 11.9 Å². The highest BCUT2D eigenvalue weighted by atomic mass is 32.2. The first-order valence-corrected chi connectivity index (χ1v) is 10.5. The summed E-state index contributed by atoms with van der Waals surface area (Å²) >= 11 is 1.30. The number of nitrogens with zero attached hydrogens (tertiary/aromatic N) is 3. The van der Waals surface area contributed by atoms with Gasteiger partial charge in [-0.2, -0.15) is 0 Å². The van der Waals surface area contributed by atoms with Crippen molar-refractivity contribution < 1.29 is 4.79 Å². The molecule has 1 aromatic heterocycles. The highest BCUT2D eigenvalue weighted by Gasteiger charge is 2.18. The molecule has 1 heterocycles. The summed E-state index contributed by atoms with van der Waals surface area (Å²) in [4.78, 5) is 12.8. The molecule has 6 nitrogen and oxygen atoms in total. The maximum Gasteiger partial charge on any atom is 0.231 e. The van der Waals surface area contributed by atoms with E-state index in [0.717, 1.165) is 16.8 Å². The minimum Gasteiger partial charge on any atom is -0.368 e. The maximum absolute atomic E-state index is 12.8. The minimum atomic E-state index is -0.224. The third-order valence-corrected chi connectivity index (χ3v) is 5.51. The number of rotatable bonds is 7. The average Bonchev–Trinajstić information content (AvgIpc) is 3.18. The Kier molecular flexibility index (Phi) is 6.10. The molecular formula is C23H21N5OS. The third-order valence-electron chi connectivity index (χ3n) is 4.58. The number of thioether (sulfide) groups is 1. The highest BCUT2D eigenvalue weighted by Crippen LogP contribution is 2.25. The van der Waals surface area contributed by atoms with E-state index in [0.29, 0.717) is 5.16 Å². The van der Waals surface area contributed by atoms with Crippen molar-refractivity contribution in [2.24, 2.45) is 0 Å². The van der Waals surface area contributed by atoms with Gasteiger partial charge in [0.05, 0.1) is 17.5 Å². The van der Waals surface area contributed by atoms with Crippen LogP contribution in [0, 0.1) is 0 Å². The Balaban J connectivity index is 1.49. The van der Waals surface area contributed by atoms with Gasteiger partial charge in [-0.1, -0.05) is 90.6 Å². The lowest BCUT2D eigenvalue weighted by Gasteiger charge is -2.20. The zero-order valence-corrected chi connectivity index (χ0v) is 17.0. The highest BCUT2D eigenvalue weighted by molar-refractivity contribution is 7.99. The van der Waals surface area contributed by atoms with Crippen molar-refractivity contribution in [3.05, 3.63) is 102 Å². The Morgan fingerprint density at radius 2 is 1.40 bits per heavy atom. The lowest BCUT2D eigenvalue weighted by atomic mass is 9.99. The molecule has 0 aliphatic rings. The molecule has 0 spiro atoms. The molecule has 0 bridgehead atoms. The summed E-state index contributed by atoms with van der Waals surface area (Å²) in [6.07, 6.45) is 0. The molecule has 3 N–H and O–H groups in total. The van der Waals surface area contributed by atoms with Crippen molar-refractivity contribution in [1.29, 1.82) is 0 Å². The molecule has 1 amide bonds. The molecule has 0 atom stereocenters. The third kappa shape index (κ3) is 4.52. The number of hydrogen-bond acceptors (Lipinski definition) is 5. The number of para-hydroxylation sites is 1. The normalized spacial score (nSPS) is 10.8. The van der Waals surface area contributed by atoms with Crippen LogP contribution in [0.3, 0.4) is 0 Å². The monoisotopic (exact) mass is 415 g/mol. The zero-order chi connectivity index (χ0) is 20.8. The predicted octanol–water partition coefficient (Wildman–Crippen LogP) is 3.85. The van der Waals surface area contributed by atoms with E-state index in [4.69, 9.17) is 5.73 Å². The number of aromatic nitrogens is 3. The van der Waals surface area contributed by atoms with Gasteiger partial charge in [-0.25, -0.2) is 0 Å². The topological polar surface area (TPSA) is 85.8 Å². The fraction of sp³-hybridized carbons (Fsp3) is 0.0870. The van der Waals surface area contributed by atoms with Crippen LogP contribution < -0.4 is 11.1 Å². The van der Waals surface area contributed by atoms with Crippen LogP contribution in [-0.4, -0.2) is 26.4 Å². The van der Waals surface area contributed by atoms with E-state index in [1.165, 1.54) is 11.8 Å². The largest absolute Gasteiger partial charge is 0.368 e. The number of hydrogen-bond donors (Lipinski definition) is 2. The Morgan fingerprint density at radius 1 is 0.867 bits per heavy atom. The van der Waals surface area contributed by atoms with E-state index < -0.39 is 0 Å². The van der Waals surface area contributed by atoms with Gasteiger partial charge in [0.1, 0.15) is 0 Å². The molecule has 0 saturated heterocycles. The standard InChI is InChI=1S/C23H21N5OS/c24-22-26-27-23(28(22)19-14-8-3-9-15-19)30-16-20(29)25-21(17-10-4-1-5-11-17)18-12-6-2-7-13-18/h1-15,21H,16H2,(H2,24,26)(H,25,29). The molecule has 0 saturated carbocycles. The van der Waals surface area contributed by atoms with Gasteiger partial charge in [0, 0.05) is 0 Å². The molecule has 7 heteroatoms. The predicted molar refractivity (Wildman–Crippen MR) is 119 cm³/mol. The molecule has 3 aromatic carbocycles. The van der Waals surface area contributed by atoms with Gasteiger partial charge < -0.3 is 11.1 Å². The number of carbonyl (C=O) groups is 1. The van der Waals surface area contributed by atoms with Crippen LogP contribution >= 0.6 is 11.8 Å². The molecule has 0 aliphatic heterocycles. The second-order valence-corrected chi connectivity index (χ2v) is 7.56. The van der Waals surface area contributed by atoms with Crippen LogP contribution in [0.2, 0.25) is 0 Å². The molecule has 0 aliphatic carbocycles. The van der Waals surface area contributed by atoms with Crippen LogP contribution in [0.5, 0.6) is 0 Å². The summed E-state index contributed by atoms with van der Waals surface area (Å²) in [5.74, 6) is 0.385. The van der Waals surface area contributed by atoms with Crippen molar-refractivity contribution in [3.8, 4) is 5.69 Å². The molecule has 30 heavy (non-hydrogen) atoms. The fourth-order valence-electron chi connectivity index (χ4n) is 3.18. The summed E-state index contributed by atoms with van der Waals surface area (Å²) in [7, 11) is 0. The number of nitrogens with one attached hydrogen (secondary N) is 1. The van der Waals surface area contributed by atoms with Crippen LogP contribution in [0.1, 0.15) is 17.2 Å². The summed E-state index contributed by atoms with van der Waals surface area (Å²) in [6.45, 7) is 0. The van der Waals surface area contributed by atoms with Crippen LogP contribution in [0.4, 0.5) is 5.95 Å². The van der Waals surface area contributed by atoms with Gasteiger partial charge in [-0.15, -0.1) is 10.2 Å². The number of anilines is 1. The second kappa shape index (κ2) is 9.28. The number of carbonyl (C=O) groups excluding carboxylic acids is 1. The molecule has 4 aromatic rings. The molecular weight excluding hydrogens is 394 g/mol. The van der Waals surface area contributed by atoms with Gasteiger partial charge in [-0.05, 0) is 23.3 Å². The van der Waals surface area contributed by atoms with Crippen LogP contribution in [-0.2, 0) is 4.79 Å². The smallest absolute Gasteiger partial charge is 0.231 e. The second-order valence-electron chi connectivity index (χ2n) is 6.62. The molecule has 0 radical (unpaired) electrons. The van der Waals surface area contributed by atoms with E-state index >= 15 is 0 Å². The number of benzene rings is 3. The van der Waals surface area contributed by atoms with E-state index in [2.05, 4.69) is 15.5 Å². The quantitative estimate of drug-likeness (QED) is 0.448. The lowest BCUT2D eigenvalue weighted by molar-refractivity contribution is -0.119. The van der Waals surface area contributed by atoms with Gasteiger partial charge in [0.25, 0.3) is 0 Å². The zero-order valence-electron chi connectivity index (χ0n) is 16.2. The SMILES string of the molecule is Nc1nnc(SCC(=O)NC(c2ccccc2)c2ccccc2)n1-c1ccccc1. The van der Waals surface area contributed by atoms with Crippen molar-refractivity contribution >= 4 is 23.6 Å². The Labute approximate surface area is 179 Å². The van der Waals surface area contributed by atoms with E-state index in [-0.39, 0.29) is 23.7 Å². The van der Waals surface area contributed by atoms with Crippen LogP contribution in [0.25, 0.3) is 5.69 Å². The van der Waals surface area contributed by atoms with E-state index in [1.54, 1.807) is 4.57 Å². The minimum absolute atomic E-state index is 0.0983. The van der Waals surface area contributed by atoms with Crippen molar-refractivity contribution in [2.45, 2.75) is 11.2 Å². The van der Waals surface area contributed by atoms with Gasteiger partial charge in [-0.3, -0.25) is 9.36 Å². The molecule has 0 fully saturated rings. The Morgan fingerprint density at radius 3 is 1.97 bits per heavy atom. The van der Waals surface area contributed by atoms with Crippen molar-refractivity contribution in [2.75, 3.05) is 11.5 Å². The van der Waals surface area contributed by atoms with E-state index in [9.17, 15) is 4.79 Å². The van der Waals surface area contributed by atoms with E-state index in [1.807, 2.05) is 91.0 Å². The number of nitrogens with two attached hydrogens (primary N) is 1. The molecule has 4 rings (SSSR count). The first-order valence-electron chi connectivity index (χ1n) is 9.51. The summed E-state index contributed by atoms with van der Waals surface area (Å²) in [5.41, 5.74) is 8.90.